The summed E-state index contributed by atoms with van der Waals surface area (Å²) in [7, 11) is 0. The van der Waals surface area contributed by atoms with Gasteiger partial charge in [0.2, 0.25) is 0 Å². The number of hydrogen-bond donors (Lipinski definition) is 2. The van der Waals surface area contributed by atoms with Crippen LogP contribution in [-0.4, -0.2) is 36.0 Å². The molecule has 1 fully saturated rings. The van der Waals surface area contributed by atoms with Gasteiger partial charge in [0.1, 0.15) is 0 Å². The Labute approximate surface area is 86.8 Å². The van der Waals surface area contributed by atoms with E-state index in [1.807, 2.05) is 0 Å². The predicted molar refractivity (Wildman–Crippen MR) is 57.4 cm³/mol. The molecule has 0 amide bonds. The molecule has 0 spiro atoms. The first-order chi connectivity index (χ1) is 6.57. The van der Waals surface area contributed by atoms with Gasteiger partial charge in [0.15, 0.2) is 0 Å². The smallest absolute Gasteiger partial charge is 0.0641 e. The van der Waals surface area contributed by atoms with Crippen LogP contribution in [0.25, 0.3) is 0 Å². The van der Waals surface area contributed by atoms with Crippen molar-refractivity contribution in [2.75, 3.05) is 13.2 Å². The van der Waals surface area contributed by atoms with Gasteiger partial charge in [0.05, 0.1) is 12.2 Å². The predicted octanol–water partition coefficient (Wildman–Crippen LogP) is 1.30. The Morgan fingerprint density at radius 1 is 1.57 bits per heavy atom. The molecule has 14 heavy (non-hydrogen) atoms. The first-order valence-electron chi connectivity index (χ1n) is 5.58. The van der Waals surface area contributed by atoms with E-state index in [-0.39, 0.29) is 18.2 Å². The van der Waals surface area contributed by atoms with E-state index in [4.69, 9.17) is 9.84 Å². The van der Waals surface area contributed by atoms with Gasteiger partial charge in [-0.1, -0.05) is 6.92 Å². The van der Waals surface area contributed by atoms with E-state index in [0.717, 1.165) is 25.9 Å². The molecule has 1 heterocycles. The van der Waals surface area contributed by atoms with E-state index in [1.165, 1.54) is 0 Å². The van der Waals surface area contributed by atoms with Gasteiger partial charge >= 0.3 is 0 Å². The average Bonchev–Trinajstić information content (AvgIpc) is 2.12. The van der Waals surface area contributed by atoms with Crippen molar-refractivity contribution in [3.05, 3.63) is 0 Å². The zero-order valence-corrected chi connectivity index (χ0v) is 9.55. The second kappa shape index (κ2) is 5.10. The maximum absolute atomic E-state index is 9.09. The summed E-state index contributed by atoms with van der Waals surface area (Å²) in [5.41, 5.74) is -0.0103. The second-order valence-electron chi connectivity index (χ2n) is 4.75. The summed E-state index contributed by atoms with van der Waals surface area (Å²) < 4.78 is 5.64. The van der Waals surface area contributed by atoms with E-state index in [1.54, 1.807) is 0 Å². The molecule has 0 aromatic heterocycles. The standard InChI is InChI=1S/C11H23NO2/c1-4-9(8-13)12-10-5-6-14-11(2,3)7-10/h9-10,12-13H,4-8H2,1-3H3/t9-,10?/m1/s1. The fourth-order valence-electron chi connectivity index (χ4n) is 2.01. The van der Waals surface area contributed by atoms with Crippen LogP contribution in [0.4, 0.5) is 0 Å². The third-order valence-electron chi connectivity index (χ3n) is 2.88. The maximum atomic E-state index is 9.09. The molecule has 0 aliphatic carbocycles. The van der Waals surface area contributed by atoms with Crippen LogP contribution in [0.15, 0.2) is 0 Å². The molecular weight excluding hydrogens is 178 g/mol. The summed E-state index contributed by atoms with van der Waals surface area (Å²) in [5, 5.41) is 12.6. The lowest BCUT2D eigenvalue weighted by Crippen LogP contribution is -2.48. The monoisotopic (exact) mass is 201 g/mol. The van der Waals surface area contributed by atoms with Gasteiger partial charge in [0, 0.05) is 18.7 Å². The van der Waals surface area contributed by atoms with Gasteiger partial charge in [0.25, 0.3) is 0 Å². The van der Waals surface area contributed by atoms with Crippen molar-refractivity contribution in [2.24, 2.45) is 0 Å². The van der Waals surface area contributed by atoms with Crippen LogP contribution in [0.1, 0.15) is 40.0 Å². The van der Waals surface area contributed by atoms with E-state index >= 15 is 0 Å². The minimum Gasteiger partial charge on any atom is -0.395 e. The lowest BCUT2D eigenvalue weighted by atomic mass is 9.93. The van der Waals surface area contributed by atoms with Crippen LogP contribution in [-0.2, 0) is 4.74 Å². The lowest BCUT2D eigenvalue weighted by Gasteiger charge is -2.37. The molecule has 84 valence electrons. The number of nitrogens with one attached hydrogen (secondary N) is 1. The maximum Gasteiger partial charge on any atom is 0.0641 e. The van der Waals surface area contributed by atoms with Gasteiger partial charge in [-0.25, -0.2) is 0 Å². The summed E-state index contributed by atoms with van der Waals surface area (Å²) in [5.74, 6) is 0. The highest BCUT2D eigenvalue weighted by Crippen LogP contribution is 2.24. The van der Waals surface area contributed by atoms with Crippen LogP contribution in [0, 0.1) is 0 Å². The van der Waals surface area contributed by atoms with E-state index in [2.05, 4.69) is 26.1 Å². The van der Waals surface area contributed by atoms with Crippen LogP contribution in [0.5, 0.6) is 0 Å². The quantitative estimate of drug-likeness (QED) is 0.720. The van der Waals surface area contributed by atoms with Gasteiger partial charge in [-0.3, -0.25) is 0 Å². The Bertz CT molecular complexity index is 167. The zero-order valence-electron chi connectivity index (χ0n) is 9.55. The molecule has 1 rings (SSSR count). The summed E-state index contributed by atoms with van der Waals surface area (Å²) in [6, 6.07) is 0.741. The minimum absolute atomic E-state index is 0.0103. The molecule has 3 heteroatoms. The number of rotatable bonds is 4. The molecule has 1 aliphatic rings. The first kappa shape index (κ1) is 12.0. The molecule has 0 bridgehead atoms. The summed E-state index contributed by atoms with van der Waals surface area (Å²) >= 11 is 0. The molecule has 1 aliphatic heterocycles. The number of ether oxygens (including phenoxy) is 1. The fraction of sp³-hybridized carbons (Fsp3) is 1.00. The third kappa shape index (κ3) is 3.56. The van der Waals surface area contributed by atoms with Gasteiger partial charge in [-0.15, -0.1) is 0 Å². The number of aliphatic hydroxyl groups is 1. The van der Waals surface area contributed by atoms with Crippen molar-refractivity contribution in [1.82, 2.24) is 5.32 Å². The summed E-state index contributed by atoms with van der Waals surface area (Å²) in [6.07, 6.45) is 3.07. The molecule has 0 aromatic carbocycles. The van der Waals surface area contributed by atoms with Crippen molar-refractivity contribution in [2.45, 2.75) is 57.7 Å². The zero-order chi connectivity index (χ0) is 10.6. The largest absolute Gasteiger partial charge is 0.395 e. The van der Waals surface area contributed by atoms with E-state index in [0.29, 0.717) is 6.04 Å². The Hall–Kier alpha value is -0.120. The first-order valence-corrected chi connectivity index (χ1v) is 5.58. The van der Waals surface area contributed by atoms with Crippen molar-refractivity contribution < 1.29 is 9.84 Å². The SMILES string of the molecule is CC[C@H](CO)NC1CCOC(C)(C)C1. The summed E-state index contributed by atoms with van der Waals surface area (Å²) in [4.78, 5) is 0. The molecule has 2 N–H and O–H groups in total. The topological polar surface area (TPSA) is 41.5 Å². The molecule has 1 saturated heterocycles. The van der Waals surface area contributed by atoms with E-state index in [9.17, 15) is 0 Å². The Morgan fingerprint density at radius 2 is 2.29 bits per heavy atom. The van der Waals surface area contributed by atoms with E-state index < -0.39 is 0 Å². The third-order valence-corrected chi connectivity index (χ3v) is 2.88. The average molecular weight is 201 g/mol. The summed E-state index contributed by atoms with van der Waals surface area (Å²) in [6.45, 7) is 7.40. The molecule has 0 radical (unpaired) electrons. The molecule has 0 aromatic rings. The Morgan fingerprint density at radius 3 is 2.79 bits per heavy atom. The van der Waals surface area contributed by atoms with Crippen LogP contribution < -0.4 is 5.32 Å². The van der Waals surface area contributed by atoms with Crippen molar-refractivity contribution in [1.29, 1.82) is 0 Å². The molecule has 1 unspecified atom stereocenters. The second-order valence-corrected chi connectivity index (χ2v) is 4.75. The Balaban J connectivity index is 2.37. The van der Waals surface area contributed by atoms with Gasteiger partial charge in [-0.2, -0.15) is 0 Å². The highest BCUT2D eigenvalue weighted by molar-refractivity contribution is 4.84. The normalized spacial score (nSPS) is 28.7. The number of hydrogen-bond acceptors (Lipinski definition) is 3. The lowest BCUT2D eigenvalue weighted by molar-refractivity contribution is -0.0649. The fourth-order valence-corrected chi connectivity index (χ4v) is 2.01. The van der Waals surface area contributed by atoms with Crippen molar-refractivity contribution in [3.8, 4) is 0 Å². The number of aliphatic hydroxyl groups excluding tert-OH is 1. The molecular formula is C11H23NO2. The highest BCUT2D eigenvalue weighted by atomic mass is 16.5. The van der Waals surface area contributed by atoms with Crippen molar-refractivity contribution in [3.63, 3.8) is 0 Å². The van der Waals surface area contributed by atoms with Gasteiger partial charge in [-0.05, 0) is 33.1 Å². The Kier molecular flexibility index (Phi) is 4.35. The molecule has 0 saturated carbocycles. The highest BCUT2D eigenvalue weighted by Gasteiger charge is 2.29. The van der Waals surface area contributed by atoms with Crippen molar-refractivity contribution >= 4 is 0 Å². The molecule has 2 atom stereocenters. The van der Waals surface area contributed by atoms with Crippen LogP contribution in [0.2, 0.25) is 0 Å². The minimum atomic E-state index is -0.0103. The molecule has 3 nitrogen and oxygen atoms in total. The van der Waals surface area contributed by atoms with Crippen LogP contribution >= 0.6 is 0 Å². The van der Waals surface area contributed by atoms with Gasteiger partial charge < -0.3 is 15.2 Å². The van der Waals surface area contributed by atoms with Crippen LogP contribution in [0.3, 0.4) is 0 Å².